The number of rotatable bonds is 0. The van der Waals surface area contributed by atoms with Gasteiger partial charge in [0.2, 0.25) is 0 Å². The molecule has 2 aliphatic heterocycles. The Morgan fingerprint density at radius 1 is 1.38 bits per heavy atom. The Labute approximate surface area is 105 Å². The van der Waals surface area contributed by atoms with Crippen LogP contribution in [0.4, 0.5) is 0 Å². The molecule has 2 heterocycles. The molecule has 2 nitrogen and oxygen atoms in total. The molecule has 0 aliphatic carbocycles. The molecule has 1 saturated heterocycles. The first kappa shape index (κ1) is 10.6. The highest BCUT2D eigenvalue weighted by atomic mass is 79.9. The van der Waals surface area contributed by atoms with Crippen LogP contribution in [0.2, 0.25) is 0 Å². The lowest BCUT2D eigenvalue weighted by atomic mass is 9.90. The summed E-state index contributed by atoms with van der Waals surface area (Å²) < 4.78 is 7.36. The van der Waals surface area contributed by atoms with E-state index in [0.717, 1.165) is 42.6 Å². The number of benzene rings is 1. The molecule has 2 aliphatic rings. The lowest BCUT2D eigenvalue weighted by Gasteiger charge is -2.35. The third-order valence-electron chi connectivity index (χ3n) is 3.64. The largest absolute Gasteiger partial charge is 0.484 e. The Kier molecular flexibility index (Phi) is 2.48. The van der Waals surface area contributed by atoms with Crippen LogP contribution in [0.5, 0.6) is 5.75 Å². The molecule has 1 unspecified atom stereocenters. The van der Waals surface area contributed by atoms with E-state index in [1.165, 1.54) is 11.1 Å². The maximum Gasteiger partial charge on any atom is 0.137 e. The first-order valence-electron chi connectivity index (χ1n) is 5.87. The highest BCUT2D eigenvalue weighted by molar-refractivity contribution is 9.10. The zero-order valence-corrected chi connectivity index (χ0v) is 11.1. The van der Waals surface area contributed by atoms with Crippen molar-refractivity contribution in [3.8, 4) is 5.75 Å². The molecule has 3 rings (SSSR count). The lowest BCUT2D eigenvalue weighted by molar-refractivity contribution is 0.0654. The fraction of sp³-hybridized carbons (Fsp3) is 0.538. The number of ether oxygens (including phenoxy) is 1. The Morgan fingerprint density at radius 2 is 2.25 bits per heavy atom. The summed E-state index contributed by atoms with van der Waals surface area (Å²) in [5.41, 5.74) is 2.71. The smallest absolute Gasteiger partial charge is 0.137 e. The lowest BCUT2D eigenvalue weighted by Crippen LogP contribution is -2.41. The van der Waals surface area contributed by atoms with Crippen LogP contribution in [0.25, 0.3) is 0 Å². The maximum atomic E-state index is 6.26. The Hall–Kier alpha value is -0.540. The molecule has 1 aromatic rings. The molecule has 0 saturated carbocycles. The van der Waals surface area contributed by atoms with Gasteiger partial charge in [-0.2, -0.15) is 0 Å². The van der Waals surface area contributed by atoms with Gasteiger partial charge in [0, 0.05) is 13.0 Å². The van der Waals surface area contributed by atoms with Crippen molar-refractivity contribution in [2.75, 3.05) is 13.1 Å². The van der Waals surface area contributed by atoms with Crippen LogP contribution in [0.1, 0.15) is 24.0 Å². The topological polar surface area (TPSA) is 21.3 Å². The minimum absolute atomic E-state index is 0.0603. The van der Waals surface area contributed by atoms with E-state index in [1.54, 1.807) is 0 Å². The first-order valence-corrected chi connectivity index (χ1v) is 6.67. The second kappa shape index (κ2) is 3.74. The zero-order chi connectivity index (χ0) is 11.2. The van der Waals surface area contributed by atoms with Gasteiger partial charge in [-0.15, -0.1) is 0 Å². The van der Waals surface area contributed by atoms with Crippen molar-refractivity contribution in [3.63, 3.8) is 0 Å². The quantitative estimate of drug-likeness (QED) is 0.790. The van der Waals surface area contributed by atoms with Gasteiger partial charge < -0.3 is 10.1 Å². The van der Waals surface area contributed by atoms with Crippen LogP contribution in [-0.2, 0) is 6.42 Å². The van der Waals surface area contributed by atoms with Crippen molar-refractivity contribution in [2.45, 2.75) is 31.8 Å². The van der Waals surface area contributed by atoms with E-state index in [0.29, 0.717) is 0 Å². The predicted octanol–water partition coefficient (Wildman–Crippen LogP) is 2.81. The SMILES string of the molecule is Cc1cc(Br)c2c(c1)CCC1(CCNC1)O2. The molecular formula is C13H16BrNO. The van der Waals surface area contributed by atoms with Gasteiger partial charge in [-0.05, 0) is 59.4 Å². The fourth-order valence-corrected chi connectivity index (χ4v) is 3.45. The van der Waals surface area contributed by atoms with Crippen LogP contribution in [-0.4, -0.2) is 18.7 Å². The number of nitrogens with one attached hydrogen (secondary N) is 1. The van der Waals surface area contributed by atoms with Crippen molar-refractivity contribution in [2.24, 2.45) is 0 Å². The molecule has 1 aromatic carbocycles. The number of hydrogen-bond acceptors (Lipinski definition) is 2. The summed E-state index contributed by atoms with van der Waals surface area (Å²) in [6, 6.07) is 4.38. The Morgan fingerprint density at radius 3 is 3.00 bits per heavy atom. The number of halogens is 1. The van der Waals surface area contributed by atoms with Gasteiger partial charge in [0.15, 0.2) is 0 Å². The Balaban J connectivity index is 1.99. The summed E-state index contributed by atoms with van der Waals surface area (Å²) in [6.45, 7) is 4.21. The molecule has 0 aromatic heterocycles. The van der Waals surface area contributed by atoms with Crippen molar-refractivity contribution < 1.29 is 4.74 Å². The van der Waals surface area contributed by atoms with Crippen LogP contribution >= 0.6 is 15.9 Å². The standard InChI is InChI=1S/C13H16BrNO/c1-9-6-10-2-3-13(4-5-15-8-13)16-12(10)11(14)7-9/h6-7,15H,2-5,8H2,1H3. The van der Waals surface area contributed by atoms with Crippen molar-refractivity contribution >= 4 is 15.9 Å². The third-order valence-corrected chi connectivity index (χ3v) is 4.23. The van der Waals surface area contributed by atoms with Gasteiger partial charge in [-0.1, -0.05) is 6.07 Å². The molecule has 16 heavy (non-hydrogen) atoms. The first-order chi connectivity index (χ1) is 7.69. The number of aryl methyl sites for hydroxylation is 2. The second-order valence-corrected chi connectivity index (χ2v) is 5.80. The molecule has 1 N–H and O–H groups in total. The zero-order valence-electron chi connectivity index (χ0n) is 9.48. The number of fused-ring (bicyclic) bond motifs is 1. The van der Waals surface area contributed by atoms with Crippen LogP contribution < -0.4 is 10.1 Å². The van der Waals surface area contributed by atoms with Gasteiger partial charge in [0.05, 0.1) is 4.47 Å². The van der Waals surface area contributed by atoms with Crippen molar-refractivity contribution in [3.05, 3.63) is 27.7 Å². The second-order valence-electron chi connectivity index (χ2n) is 4.95. The minimum Gasteiger partial charge on any atom is -0.484 e. The molecule has 1 fully saturated rings. The molecule has 3 heteroatoms. The van der Waals surface area contributed by atoms with Crippen LogP contribution in [0.15, 0.2) is 16.6 Å². The van der Waals surface area contributed by atoms with Crippen LogP contribution in [0, 0.1) is 6.92 Å². The predicted molar refractivity (Wildman–Crippen MR) is 68.0 cm³/mol. The maximum absolute atomic E-state index is 6.26. The molecule has 0 radical (unpaired) electrons. The average Bonchev–Trinajstić information content (AvgIpc) is 2.68. The average molecular weight is 282 g/mol. The normalized spacial score (nSPS) is 27.9. The van der Waals surface area contributed by atoms with E-state index in [1.807, 2.05) is 0 Å². The van der Waals surface area contributed by atoms with Gasteiger partial charge in [0.25, 0.3) is 0 Å². The summed E-state index contributed by atoms with van der Waals surface area (Å²) in [4.78, 5) is 0. The van der Waals surface area contributed by atoms with E-state index in [-0.39, 0.29) is 5.60 Å². The van der Waals surface area contributed by atoms with Gasteiger partial charge in [0.1, 0.15) is 11.4 Å². The number of hydrogen-bond donors (Lipinski definition) is 1. The molecular weight excluding hydrogens is 266 g/mol. The molecule has 0 bridgehead atoms. The summed E-state index contributed by atoms with van der Waals surface area (Å²) in [7, 11) is 0. The summed E-state index contributed by atoms with van der Waals surface area (Å²) >= 11 is 3.62. The van der Waals surface area contributed by atoms with Crippen LogP contribution in [0.3, 0.4) is 0 Å². The minimum atomic E-state index is 0.0603. The van der Waals surface area contributed by atoms with E-state index >= 15 is 0 Å². The fourth-order valence-electron chi connectivity index (χ4n) is 2.75. The highest BCUT2D eigenvalue weighted by Crippen LogP contribution is 2.41. The van der Waals surface area contributed by atoms with E-state index in [4.69, 9.17) is 4.74 Å². The van der Waals surface area contributed by atoms with Gasteiger partial charge in [-0.25, -0.2) is 0 Å². The molecule has 1 atom stereocenters. The summed E-state index contributed by atoms with van der Waals surface area (Å²) in [6.07, 6.45) is 3.41. The Bertz CT molecular complexity index is 424. The third kappa shape index (κ3) is 1.66. The molecule has 0 amide bonds. The van der Waals surface area contributed by atoms with Crippen molar-refractivity contribution in [1.29, 1.82) is 0 Å². The summed E-state index contributed by atoms with van der Waals surface area (Å²) in [5, 5.41) is 3.40. The molecule has 86 valence electrons. The van der Waals surface area contributed by atoms with E-state index in [2.05, 4.69) is 40.3 Å². The van der Waals surface area contributed by atoms with Gasteiger partial charge >= 0.3 is 0 Å². The van der Waals surface area contributed by atoms with Gasteiger partial charge in [-0.3, -0.25) is 0 Å². The monoisotopic (exact) mass is 281 g/mol. The van der Waals surface area contributed by atoms with E-state index in [9.17, 15) is 0 Å². The highest BCUT2D eigenvalue weighted by Gasteiger charge is 2.39. The molecule has 1 spiro atoms. The van der Waals surface area contributed by atoms with Crippen molar-refractivity contribution in [1.82, 2.24) is 5.32 Å². The van der Waals surface area contributed by atoms with E-state index < -0.39 is 0 Å². The summed E-state index contributed by atoms with van der Waals surface area (Å²) in [5.74, 6) is 1.07.